The van der Waals surface area contributed by atoms with Crippen molar-refractivity contribution >= 4 is 25.7 Å². The minimum atomic E-state index is -3.80. The lowest BCUT2D eigenvalue weighted by molar-refractivity contribution is 0.498. The first kappa shape index (κ1) is 18.0. The summed E-state index contributed by atoms with van der Waals surface area (Å²) in [6.45, 7) is 2.07. The van der Waals surface area contributed by atoms with E-state index in [0.717, 1.165) is 6.42 Å². The molecular formula is C16H20N2O5S2. The quantitative estimate of drug-likeness (QED) is 0.850. The molecule has 0 spiro atoms. The van der Waals surface area contributed by atoms with E-state index in [-0.39, 0.29) is 17.2 Å². The van der Waals surface area contributed by atoms with Gasteiger partial charge in [0, 0.05) is 6.54 Å². The van der Waals surface area contributed by atoms with Gasteiger partial charge >= 0.3 is 0 Å². The average Bonchev–Trinajstić information content (AvgIpc) is 3.07. The minimum Gasteiger partial charge on any atom is -0.468 e. The highest BCUT2D eigenvalue weighted by Gasteiger charge is 2.27. The fraction of sp³-hybridized carbons (Fsp3) is 0.375. The Balaban J connectivity index is 1.91. The largest absolute Gasteiger partial charge is 0.468 e. The van der Waals surface area contributed by atoms with Gasteiger partial charge in [-0.25, -0.2) is 21.6 Å². The Morgan fingerprint density at radius 2 is 2.04 bits per heavy atom. The van der Waals surface area contributed by atoms with Crippen LogP contribution in [0.4, 0.5) is 5.69 Å². The topological polar surface area (TPSA) is 96.7 Å². The first-order valence-corrected chi connectivity index (χ1v) is 11.0. The van der Waals surface area contributed by atoms with Gasteiger partial charge in [0.25, 0.3) is 0 Å². The van der Waals surface area contributed by atoms with Crippen molar-refractivity contribution < 1.29 is 21.3 Å². The van der Waals surface area contributed by atoms with E-state index in [0.29, 0.717) is 30.0 Å². The number of nitrogens with one attached hydrogen (secondary N) is 1. The molecule has 0 atom stereocenters. The van der Waals surface area contributed by atoms with Gasteiger partial charge in [0.2, 0.25) is 20.0 Å². The zero-order valence-electron chi connectivity index (χ0n) is 13.8. The van der Waals surface area contributed by atoms with E-state index in [1.165, 1.54) is 16.6 Å². The highest BCUT2D eigenvalue weighted by Crippen LogP contribution is 2.27. The molecule has 7 nitrogen and oxygen atoms in total. The molecule has 0 aliphatic carbocycles. The van der Waals surface area contributed by atoms with E-state index >= 15 is 0 Å². The number of hydrogen-bond acceptors (Lipinski definition) is 5. The molecule has 0 amide bonds. The monoisotopic (exact) mass is 384 g/mol. The van der Waals surface area contributed by atoms with Crippen LogP contribution in [0.15, 0.2) is 45.9 Å². The highest BCUT2D eigenvalue weighted by molar-refractivity contribution is 7.92. The van der Waals surface area contributed by atoms with Crippen LogP contribution in [0.3, 0.4) is 0 Å². The maximum atomic E-state index is 12.6. The molecule has 2 heterocycles. The van der Waals surface area contributed by atoms with Crippen LogP contribution >= 0.6 is 0 Å². The summed E-state index contributed by atoms with van der Waals surface area (Å²) in [6, 6.07) is 8.04. The van der Waals surface area contributed by atoms with Crippen LogP contribution in [0.25, 0.3) is 0 Å². The fourth-order valence-electron chi connectivity index (χ4n) is 2.77. The maximum absolute atomic E-state index is 12.6. The van der Waals surface area contributed by atoms with Crippen LogP contribution in [0, 0.1) is 6.92 Å². The molecule has 0 radical (unpaired) electrons. The number of rotatable bonds is 5. The van der Waals surface area contributed by atoms with Gasteiger partial charge < -0.3 is 4.42 Å². The molecule has 3 rings (SSSR count). The molecule has 9 heteroatoms. The first-order chi connectivity index (χ1) is 11.8. The molecule has 0 unspecified atom stereocenters. The summed E-state index contributed by atoms with van der Waals surface area (Å²) < 4.78 is 58.7. The Bertz CT molecular complexity index is 950. The number of hydrogen-bond donors (Lipinski definition) is 1. The van der Waals surface area contributed by atoms with Gasteiger partial charge in [0.15, 0.2) is 0 Å². The molecule has 0 saturated carbocycles. The summed E-state index contributed by atoms with van der Waals surface area (Å²) in [5, 5.41) is 0. The second kappa shape index (κ2) is 6.81. The first-order valence-electron chi connectivity index (χ1n) is 7.93. The molecular weight excluding hydrogens is 364 g/mol. The molecule has 1 N–H and O–H groups in total. The normalized spacial score (nSPS) is 17.6. The lowest BCUT2D eigenvalue weighted by Crippen LogP contribution is -2.38. The molecule has 1 aromatic heterocycles. The van der Waals surface area contributed by atoms with Crippen molar-refractivity contribution in [2.24, 2.45) is 0 Å². The summed E-state index contributed by atoms with van der Waals surface area (Å²) >= 11 is 0. The predicted molar refractivity (Wildman–Crippen MR) is 94.3 cm³/mol. The Morgan fingerprint density at radius 1 is 1.24 bits per heavy atom. The number of aryl methyl sites for hydroxylation is 1. The van der Waals surface area contributed by atoms with E-state index in [1.807, 2.05) is 0 Å². The summed E-state index contributed by atoms with van der Waals surface area (Å²) in [5.74, 6) is 0.579. The molecule has 2 aromatic rings. The van der Waals surface area contributed by atoms with Crippen LogP contribution < -0.4 is 9.03 Å². The lowest BCUT2D eigenvalue weighted by Gasteiger charge is -2.28. The van der Waals surface area contributed by atoms with Crippen molar-refractivity contribution in [3.8, 4) is 0 Å². The Labute approximate surface area is 147 Å². The smallest absolute Gasteiger partial charge is 0.241 e. The van der Waals surface area contributed by atoms with E-state index in [4.69, 9.17) is 4.42 Å². The molecule has 1 fully saturated rings. The summed E-state index contributed by atoms with van der Waals surface area (Å²) in [6.07, 6.45) is 2.85. The molecule has 25 heavy (non-hydrogen) atoms. The highest BCUT2D eigenvalue weighted by atomic mass is 32.2. The third-order valence-electron chi connectivity index (χ3n) is 4.12. The van der Waals surface area contributed by atoms with Gasteiger partial charge in [-0.15, -0.1) is 0 Å². The van der Waals surface area contributed by atoms with Crippen LogP contribution in [0.1, 0.15) is 24.2 Å². The molecule has 1 aliphatic heterocycles. The summed E-state index contributed by atoms with van der Waals surface area (Å²) in [4.78, 5) is 0.0670. The lowest BCUT2D eigenvalue weighted by atomic mass is 10.2. The Hall–Kier alpha value is -1.84. The van der Waals surface area contributed by atoms with Crippen LogP contribution in [-0.2, 0) is 26.6 Å². The molecule has 0 bridgehead atoms. The maximum Gasteiger partial charge on any atom is 0.241 e. The van der Waals surface area contributed by atoms with Gasteiger partial charge in [0.05, 0.1) is 29.1 Å². The zero-order chi connectivity index (χ0) is 18.1. The van der Waals surface area contributed by atoms with Crippen molar-refractivity contribution in [2.45, 2.75) is 31.2 Å². The number of nitrogens with zero attached hydrogens (tertiary/aromatic N) is 1. The number of sulfonamides is 2. The number of benzene rings is 1. The fourth-order valence-corrected chi connectivity index (χ4v) is 5.66. The third kappa shape index (κ3) is 3.88. The Kier molecular flexibility index (Phi) is 4.90. The van der Waals surface area contributed by atoms with Crippen molar-refractivity contribution in [1.29, 1.82) is 0 Å². The minimum absolute atomic E-state index is 0.0288. The number of anilines is 1. The van der Waals surface area contributed by atoms with Crippen molar-refractivity contribution in [3.05, 3.63) is 47.9 Å². The van der Waals surface area contributed by atoms with Crippen molar-refractivity contribution in [1.82, 2.24) is 4.72 Å². The van der Waals surface area contributed by atoms with E-state index < -0.39 is 20.0 Å². The van der Waals surface area contributed by atoms with Crippen LogP contribution in [0.2, 0.25) is 0 Å². The standard InChI is InChI=1S/C16H20N2O5S2/c1-13-6-7-14(18-8-2-3-10-24(18,19)20)11-16(13)25(21,22)17-12-15-5-4-9-23-15/h4-7,9,11,17H,2-3,8,10,12H2,1H3. The third-order valence-corrected chi connectivity index (χ3v) is 7.53. The molecule has 1 aromatic carbocycles. The molecule has 1 saturated heterocycles. The second-order valence-corrected chi connectivity index (χ2v) is 9.70. The predicted octanol–water partition coefficient (Wildman–Crippen LogP) is 2.00. The molecule has 1 aliphatic rings. The van der Waals surface area contributed by atoms with Crippen LogP contribution in [0.5, 0.6) is 0 Å². The van der Waals surface area contributed by atoms with Gasteiger partial charge in [-0.1, -0.05) is 6.07 Å². The van der Waals surface area contributed by atoms with Crippen molar-refractivity contribution in [3.63, 3.8) is 0 Å². The Morgan fingerprint density at radius 3 is 2.72 bits per heavy atom. The van der Waals surface area contributed by atoms with E-state index in [2.05, 4.69) is 4.72 Å². The van der Waals surface area contributed by atoms with Crippen molar-refractivity contribution in [2.75, 3.05) is 16.6 Å². The van der Waals surface area contributed by atoms with Gasteiger partial charge in [-0.05, 0) is 49.6 Å². The number of furan rings is 1. The second-order valence-electron chi connectivity index (χ2n) is 5.95. The summed E-state index contributed by atoms with van der Waals surface area (Å²) in [7, 11) is -7.19. The van der Waals surface area contributed by atoms with Gasteiger partial charge in [-0.2, -0.15) is 0 Å². The molecule has 136 valence electrons. The van der Waals surface area contributed by atoms with E-state index in [9.17, 15) is 16.8 Å². The zero-order valence-corrected chi connectivity index (χ0v) is 15.4. The van der Waals surface area contributed by atoms with Gasteiger partial charge in [-0.3, -0.25) is 4.31 Å². The summed E-state index contributed by atoms with van der Waals surface area (Å²) in [5.41, 5.74) is 0.925. The van der Waals surface area contributed by atoms with E-state index in [1.54, 1.807) is 31.2 Å². The van der Waals surface area contributed by atoms with Gasteiger partial charge in [0.1, 0.15) is 5.76 Å². The SMILES string of the molecule is Cc1ccc(N2CCCCS2(=O)=O)cc1S(=O)(=O)NCc1ccco1. The average molecular weight is 384 g/mol. The van der Waals surface area contributed by atoms with Crippen LogP contribution in [-0.4, -0.2) is 29.1 Å².